The minimum Gasteiger partial charge on any atom is -0.339 e. The second-order valence-corrected chi connectivity index (χ2v) is 4.84. The molecule has 1 atom stereocenters. The number of amides is 1. The van der Waals surface area contributed by atoms with E-state index in [1.165, 1.54) is 0 Å². The third kappa shape index (κ3) is 1.94. The molecule has 2 nitrogen and oxygen atoms in total. The molecule has 1 aliphatic rings. The van der Waals surface area contributed by atoms with Gasteiger partial charge in [0.15, 0.2) is 0 Å². The second kappa shape index (κ2) is 4.17. The Balaban J connectivity index is 2.49. The zero-order valence-electron chi connectivity index (χ0n) is 8.04. The molecule has 70 valence electrons. The van der Waals surface area contributed by atoms with Crippen LogP contribution >= 0.6 is 11.8 Å². The van der Waals surface area contributed by atoms with E-state index < -0.39 is 0 Å². The van der Waals surface area contributed by atoms with E-state index in [0.29, 0.717) is 11.9 Å². The first-order valence-electron chi connectivity index (χ1n) is 4.59. The summed E-state index contributed by atoms with van der Waals surface area (Å²) in [5.74, 6) is 1.39. The Kier molecular flexibility index (Phi) is 3.44. The standard InChI is InChI=1S/C9H17NOS/c1-4-12-8-5-6-10(7(2)3)9(8)11/h7-8H,4-6H2,1-3H3. The average molecular weight is 187 g/mol. The first-order valence-corrected chi connectivity index (χ1v) is 5.63. The van der Waals surface area contributed by atoms with E-state index >= 15 is 0 Å². The highest BCUT2D eigenvalue weighted by Gasteiger charge is 2.32. The first-order chi connectivity index (χ1) is 5.66. The second-order valence-electron chi connectivity index (χ2n) is 3.36. The zero-order valence-corrected chi connectivity index (χ0v) is 8.86. The quantitative estimate of drug-likeness (QED) is 0.671. The van der Waals surface area contributed by atoms with Crippen molar-refractivity contribution < 1.29 is 4.79 Å². The monoisotopic (exact) mass is 187 g/mol. The molecule has 1 heterocycles. The number of likely N-dealkylation sites (tertiary alicyclic amines) is 1. The molecular formula is C9H17NOS. The molecule has 0 radical (unpaired) electrons. The molecule has 0 saturated carbocycles. The van der Waals surface area contributed by atoms with Gasteiger partial charge >= 0.3 is 0 Å². The Morgan fingerprint density at radius 2 is 2.33 bits per heavy atom. The van der Waals surface area contributed by atoms with Crippen LogP contribution in [0.3, 0.4) is 0 Å². The molecule has 3 heteroatoms. The van der Waals surface area contributed by atoms with Gasteiger partial charge in [0.25, 0.3) is 0 Å². The Hall–Kier alpha value is -0.180. The van der Waals surface area contributed by atoms with E-state index in [4.69, 9.17) is 0 Å². The van der Waals surface area contributed by atoms with Crippen molar-refractivity contribution in [1.29, 1.82) is 0 Å². The summed E-state index contributed by atoms with van der Waals surface area (Å²) in [6, 6.07) is 0.375. The molecule has 1 fully saturated rings. The van der Waals surface area contributed by atoms with Crippen molar-refractivity contribution in [1.82, 2.24) is 4.90 Å². The topological polar surface area (TPSA) is 20.3 Å². The molecule has 1 rings (SSSR count). The molecule has 0 bridgehead atoms. The van der Waals surface area contributed by atoms with Crippen LogP contribution in [0.5, 0.6) is 0 Å². The molecule has 0 spiro atoms. The maximum absolute atomic E-state index is 11.6. The summed E-state index contributed by atoms with van der Waals surface area (Å²) in [7, 11) is 0. The van der Waals surface area contributed by atoms with Crippen molar-refractivity contribution in [3.8, 4) is 0 Å². The fourth-order valence-electron chi connectivity index (χ4n) is 1.54. The summed E-state index contributed by atoms with van der Waals surface area (Å²) in [6.45, 7) is 7.22. The van der Waals surface area contributed by atoms with Crippen molar-refractivity contribution in [3.05, 3.63) is 0 Å². The summed E-state index contributed by atoms with van der Waals surface area (Å²) in [4.78, 5) is 13.6. The van der Waals surface area contributed by atoms with Gasteiger partial charge in [-0.3, -0.25) is 4.79 Å². The minimum atomic E-state index is 0.248. The van der Waals surface area contributed by atoms with Crippen LogP contribution in [0.25, 0.3) is 0 Å². The molecule has 1 amide bonds. The molecular weight excluding hydrogens is 170 g/mol. The summed E-state index contributed by atoms with van der Waals surface area (Å²) in [5, 5.41) is 0.248. The zero-order chi connectivity index (χ0) is 9.14. The van der Waals surface area contributed by atoms with Gasteiger partial charge in [-0.25, -0.2) is 0 Å². The Morgan fingerprint density at radius 1 is 1.67 bits per heavy atom. The molecule has 12 heavy (non-hydrogen) atoms. The molecule has 0 aliphatic carbocycles. The number of carbonyl (C=O) groups excluding carboxylic acids is 1. The summed E-state index contributed by atoms with van der Waals surface area (Å²) >= 11 is 1.78. The molecule has 0 N–H and O–H groups in total. The first kappa shape index (κ1) is 9.90. The van der Waals surface area contributed by atoms with Crippen LogP contribution in [-0.4, -0.2) is 34.4 Å². The largest absolute Gasteiger partial charge is 0.339 e. The Labute approximate surface area is 78.7 Å². The van der Waals surface area contributed by atoms with Crippen LogP contribution in [0.1, 0.15) is 27.2 Å². The van der Waals surface area contributed by atoms with Crippen LogP contribution in [0.2, 0.25) is 0 Å². The summed E-state index contributed by atoms with van der Waals surface area (Å²) in [5.41, 5.74) is 0. The number of carbonyl (C=O) groups is 1. The van der Waals surface area contributed by atoms with Gasteiger partial charge in [-0.15, -0.1) is 11.8 Å². The van der Waals surface area contributed by atoms with E-state index in [1.807, 2.05) is 4.90 Å². The smallest absolute Gasteiger partial charge is 0.235 e. The third-order valence-corrected chi connectivity index (χ3v) is 3.35. The highest BCUT2D eigenvalue weighted by atomic mass is 32.2. The molecule has 1 aliphatic heterocycles. The average Bonchev–Trinajstić information content (AvgIpc) is 2.34. The van der Waals surface area contributed by atoms with Crippen LogP contribution < -0.4 is 0 Å². The summed E-state index contributed by atoms with van der Waals surface area (Å²) in [6.07, 6.45) is 1.04. The van der Waals surface area contributed by atoms with E-state index in [-0.39, 0.29) is 5.25 Å². The van der Waals surface area contributed by atoms with Gasteiger partial charge in [-0.05, 0) is 26.0 Å². The molecule has 0 aromatic heterocycles. The van der Waals surface area contributed by atoms with Crippen LogP contribution in [0.4, 0.5) is 0 Å². The molecule has 1 saturated heterocycles. The lowest BCUT2D eigenvalue weighted by Gasteiger charge is -2.20. The molecule has 1 unspecified atom stereocenters. The maximum Gasteiger partial charge on any atom is 0.235 e. The minimum absolute atomic E-state index is 0.248. The van der Waals surface area contributed by atoms with E-state index in [9.17, 15) is 4.79 Å². The lowest BCUT2D eigenvalue weighted by Crippen LogP contribution is -2.34. The van der Waals surface area contributed by atoms with Crippen molar-refractivity contribution in [2.45, 2.75) is 38.5 Å². The van der Waals surface area contributed by atoms with Crippen molar-refractivity contribution in [2.24, 2.45) is 0 Å². The van der Waals surface area contributed by atoms with Crippen LogP contribution in [0, 0.1) is 0 Å². The van der Waals surface area contributed by atoms with E-state index in [2.05, 4.69) is 20.8 Å². The molecule has 0 aromatic carbocycles. The lowest BCUT2D eigenvalue weighted by atomic mass is 10.3. The van der Waals surface area contributed by atoms with Crippen molar-refractivity contribution in [2.75, 3.05) is 12.3 Å². The van der Waals surface area contributed by atoms with Gasteiger partial charge in [0, 0.05) is 12.6 Å². The fraction of sp³-hybridized carbons (Fsp3) is 0.889. The van der Waals surface area contributed by atoms with Crippen molar-refractivity contribution in [3.63, 3.8) is 0 Å². The number of rotatable bonds is 3. The van der Waals surface area contributed by atoms with Crippen LogP contribution in [-0.2, 0) is 4.79 Å². The lowest BCUT2D eigenvalue weighted by molar-refractivity contribution is -0.128. The van der Waals surface area contributed by atoms with Gasteiger partial charge < -0.3 is 4.90 Å². The van der Waals surface area contributed by atoms with Crippen LogP contribution in [0.15, 0.2) is 0 Å². The van der Waals surface area contributed by atoms with Gasteiger partial charge in [0.1, 0.15) is 0 Å². The predicted octanol–water partition coefficient (Wildman–Crippen LogP) is 1.75. The summed E-state index contributed by atoms with van der Waals surface area (Å²) < 4.78 is 0. The van der Waals surface area contributed by atoms with E-state index in [0.717, 1.165) is 18.7 Å². The number of nitrogens with zero attached hydrogens (tertiary/aromatic N) is 1. The van der Waals surface area contributed by atoms with E-state index in [1.54, 1.807) is 11.8 Å². The number of thioether (sulfide) groups is 1. The van der Waals surface area contributed by atoms with Gasteiger partial charge in [-0.1, -0.05) is 6.92 Å². The molecule has 0 aromatic rings. The normalized spacial score (nSPS) is 24.2. The van der Waals surface area contributed by atoms with Crippen molar-refractivity contribution >= 4 is 17.7 Å². The fourth-order valence-corrected chi connectivity index (χ4v) is 2.50. The highest BCUT2D eigenvalue weighted by Crippen LogP contribution is 2.24. The number of hydrogen-bond donors (Lipinski definition) is 0. The van der Waals surface area contributed by atoms with Gasteiger partial charge in [0.05, 0.1) is 5.25 Å². The highest BCUT2D eigenvalue weighted by molar-refractivity contribution is 8.00. The SMILES string of the molecule is CCSC1CCN(C(C)C)C1=O. The Bertz CT molecular complexity index is 170. The Morgan fingerprint density at radius 3 is 2.75 bits per heavy atom. The van der Waals surface area contributed by atoms with Gasteiger partial charge in [-0.2, -0.15) is 0 Å². The maximum atomic E-state index is 11.6. The number of hydrogen-bond acceptors (Lipinski definition) is 2. The van der Waals surface area contributed by atoms with Gasteiger partial charge in [0.2, 0.25) is 5.91 Å². The third-order valence-electron chi connectivity index (χ3n) is 2.18. The predicted molar refractivity (Wildman–Crippen MR) is 53.4 cm³/mol.